The molecule has 1 heterocycles. The summed E-state index contributed by atoms with van der Waals surface area (Å²) in [5.41, 5.74) is 1.77. The molecule has 0 unspecified atom stereocenters. The summed E-state index contributed by atoms with van der Waals surface area (Å²) in [4.78, 5) is 6.53. The molecule has 19 heavy (non-hydrogen) atoms. The van der Waals surface area contributed by atoms with Crippen molar-refractivity contribution in [3.8, 4) is 6.07 Å². The Hall–Kier alpha value is -2.12. The van der Waals surface area contributed by atoms with Crippen LogP contribution in [0.5, 0.6) is 0 Å². The Kier molecular flexibility index (Phi) is 4.32. The summed E-state index contributed by atoms with van der Waals surface area (Å²) in [5.74, 6) is 1.06. The lowest BCUT2D eigenvalue weighted by Gasteiger charge is -2.12. The predicted molar refractivity (Wildman–Crippen MR) is 74.7 cm³/mol. The average molecular weight is 254 g/mol. The number of benzene rings is 1. The fourth-order valence-corrected chi connectivity index (χ4v) is 1.99. The number of aromatic nitrogens is 2. The van der Waals surface area contributed by atoms with Crippen LogP contribution >= 0.6 is 0 Å². The first-order valence-electron chi connectivity index (χ1n) is 6.33. The molecule has 0 N–H and O–H groups in total. The Morgan fingerprint density at radius 1 is 1.32 bits per heavy atom. The van der Waals surface area contributed by atoms with E-state index in [1.165, 1.54) is 0 Å². The third kappa shape index (κ3) is 3.43. The van der Waals surface area contributed by atoms with E-state index in [-0.39, 0.29) is 0 Å². The predicted octanol–water partition coefficient (Wildman–Crippen LogP) is 1.91. The van der Waals surface area contributed by atoms with Crippen molar-refractivity contribution in [2.45, 2.75) is 13.0 Å². The average Bonchev–Trinajstić information content (AvgIpc) is 2.84. The quantitative estimate of drug-likeness (QED) is 0.818. The number of rotatable bonds is 5. The third-order valence-corrected chi connectivity index (χ3v) is 3.06. The SMILES string of the molecule is CN(C)CCc1nccn1Cc1ccccc1C#N. The summed E-state index contributed by atoms with van der Waals surface area (Å²) in [6.45, 7) is 1.67. The van der Waals surface area contributed by atoms with Crippen molar-refractivity contribution in [3.63, 3.8) is 0 Å². The Labute approximate surface area is 113 Å². The van der Waals surface area contributed by atoms with E-state index in [0.717, 1.165) is 29.9 Å². The van der Waals surface area contributed by atoms with Gasteiger partial charge in [-0.3, -0.25) is 0 Å². The lowest BCUT2D eigenvalue weighted by Crippen LogP contribution is -2.17. The molecule has 4 heteroatoms. The van der Waals surface area contributed by atoms with Gasteiger partial charge < -0.3 is 9.47 Å². The molecule has 0 radical (unpaired) electrons. The lowest BCUT2D eigenvalue weighted by atomic mass is 10.1. The van der Waals surface area contributed by atoms with Crippen LogP contribution in [0.25, 0.3) is 0 Å². The topological polar surface area (TPSA) is 44.9 Å². The molecular formula is C15H18N4. The molecule has 4 nitrogen and oxygen atoms in total. The van der Waals surface area contributed by atoms with Crippen LogP contribution in [0.3, 0.4) is 0 Å². The second kappa shape index (κ2) is 6.17. The number of hydrogen-bond acceptors (Lipinski definition) is 3. The minimum absolute atomic E-state index is 0.701. The molecule has 0 aliphatic heterocycles. The highest BCUT2D eigenvalue weighted by Crippen LogP contribution is 2.11. The van der Waals surface area contributed by atoms with E-state index in [4.69, 9.17) is 5.26 Å². The van der Waals surface area contributed by atoms with Crippen LogP contribution < -0.4 is 0 Å². The molecule has 1 aromatic heterocycles. The van der Waals surface area contributed by atoms with E-state index < -0.39 is 0 Å². The Bertz CT molecular complexity index is 578. The zero-order chi connectivity index (χ0) is 13.7. The zero-order valence-electron chi connectivity index (χ0n) is 11.4. The van der Waals surface area contributed by atoms with E-state index in [9.17, 15) is 0 Å². The molecule has 2 aromatic rings. The highest BCUT2D eigenvalue weighted by Gasteiger charge is 2.06. The van der Waals surface area contributed by atoms with Crippen LogP contribution in [0.4, 0.5) is 0 Å². The largest absolute Gasteiger partial charge is 0.330 e. The lowest BCUT2D eigenvalue weighted by molar-refractivity contribution is 0.406. The standard InChI is InChI=1S/C15H18N4/c1-18(2)9-7-15-17-8-10-19(15)12-14-6-4-3-5-13(14)11-16/h3-6,8,10H,7,9,12H2,1-2H3. The fourth-order valence-electron chi connectivity index (χ4n) is 1.99. The third-order valence-electron chi connectivity index (χ3n) is 3.06. The van der Waals surface area contributed by atoms with Gasteiger partial charge in [-0.2, -0.15) is 5.26 Å². The first-order valence-corrected chi connectivity index (χ1v) is 6.33. The van der Waals surface area contributed by atoms with Crippen LogP contribution in [0.15, 0.2) is 36.7 Å². The van der Waals surface area contributed by atoms with Crippen molar-refractivity contribution in [1.29, 1.82) is 5.26 Å². The number of hydrogen-bond donors (Lipinski definition) is 0. The summed E-state index contributed by atoms with van der Waals surface area (Å²) >= 11 is 0. The highest BCUT2D eigenvalue weighted by atomic mass is 15.1. The Balaban J connectivity index is 2.15. The summed E-state index contributed by atoms with van der Waals surface area (Å²) in [7, 11) is 4.11. The molecule has 0 saturated carbocycles. The van der Waals surface area contributed by atoms with Gasteiger partial charge in [0.2, 0.25) is 0 Å². The van der Waals surface area contributed by atoms with E-state index in [1.807, 2.05) is 36.7 Å². The van der Waals surface area contributed by atoms with Gasteiger partial charge in [0.15, 0.2) is 0 Å². The number of nitriles is 1. The smallest absolute Gasteiger partial charge is 0.110 e. The Morgan fingerprint density at radius 2 is 2.11 bits per heavy atom. The van der Waals surface area contributed by atoms with Gasteiger partial charge in [0, 0.05) is 25.4 Å². The van der Waals surface area contributed by atoms with Gasteiger partial charge >= 0.3 is 0 Å². The van der Waals surface area contributed by atoms with Crippen molar-refractivity contribution < 1.29 is 0 Å². The van der Waals surface area contributed by atoms with Crippen LogP contribution in [-0.4, -0.2) is 35.1 Å². The van der Waals surface area contributed by atoms with Gasteiger partial charge in [-0.1, -0.05) is 18.2 Å². The monoisotopic (exact) mass is 254 g/mol. The van der Waals surface area contributed by atoms with Gasteiger partial charge in [-0.25, -0.2) is 4.98 Å². The molecular weight excluding hydrogens is 236 g/mol. The summed E-state index contributed by atoms with van der Waals surface area (Å²) in [5, 5.41) is 9.11. The van der Waals surface area contributed by atoms with Gasteiger partial charge in [-0.15, -0.1) is 0 Å². The van der Waals surface area contributed by atoms with Crippen molar-refractivity contribution in [2.24, 2.45) is 0 Å². The van der Waals surface area contributed by atoms with Crippen LogP contribution in [0.2, 0.25) is 0 Å². The molecule has 0 bridgehead atoms. The van der Waals surface area contributed by atoms with Crippen LogP contribution in [0, 0.1) is 11.3 Å². The highest BCUT2D eigenvalue weighted by molar-refractivity contribution is 5.37. The number of likely N-dealkylation sites (N-methyl/N-ethyl adjacent to an activating group) is 1. The summed E-state index contributed by atoms with van der Waals surface area (Å²) < 4.78 is 2.11. The fraction of sp³-hybridized carbons (Fsp3) is 0.333. The van der Waals surface area contributed by atoms with E-state index >= 15 is 0 Å². The molecule has 98 valence electrons. The van der Waals surface area contributed by atoms with Crippen LogP contribution in [0.1, 0.15) is 17.0 Å². The van der Waals surface area contributed by atoms with Gasteiger partial charge in [0.25, 0.3) is 0 Å². The van der Waals surface area contributed by atoms with E-state index in [0.29, 0.717) is 6.54 Å². The molecule has 0 fully saturated rings. The maximum absolute atomic E-state index is 9.11. The van der Waals surface area contributed by atoms with Crippen LogP contribution in [-0.2, 0) is 13.0 Å². The van der Waals surface area contributed by atoms with Crippen molar-refractivity contribution >= 4 is 0 Å². The zero-order valence-corrected chi connectivity index (χ0v) is 11.4. The minimum Gasteiger partial charge on any atom is -0.330 e. The molecule has 0 aliphatic carbocycles. The number of imidazole rings is 1. The van der Waals surface area contributed by atoms with Gasteiger partial charge in [0.1, 0.15) is 5.82 Å². The molecule has 0 saturated heterocycles. The molecule has 2 rings (SSSR count). The van der Waals surface area contributed by atoms with E-state index in [1.54, 1.807) is 0 Å². The van der Waals surface area contributed by atoms with Crippen molar-refractivity contribution in [1.82, 2.24) is 14.5 Å². The molecule has 0 spiro atoms. The van der Waals surface area contributed by atoms with Crippen molar-refractivity contribution in [3.05, 3.63) is 53.6 Å². The van der Waals surface area contributed by atoms with Gasteiger partial charge in [-0.05, 0) is 25.7 Å². The summed E-state index contributed by atoms with van der Waals surface area (Å²) in [6, 6.07) is 9.94. The molecule has 1 aromatic carbocycles. The maximum atomic E-state index is 9.11. The first-order chi connectivity index (χ1) is 9.20. The first kappa shape index (κ1) is 13.3. The van der Waals surface area contributed by atoms with Gasteiger partial charge in [0.05, 0.1) is 18.2 Å². The van der Waals surface area contributed by atoms with E-state index in [2.05, 4.69) is 34.6 Å². The Morgan fingerprint density at radius 3 is 2.84 bits per heavy atom. The molecule has 0 aliphatic rings. The minimum atomic E-state index is 0.701. The molecule has 0 atom stereocenters. The number of nitrogens with zero attached hydrogens (tertiary/aromatic N) is 4. The second-order valence-electron chi connectivity index (χ2n) is 4.79. The van der Waals surface area contributed by atoms with Crippen molar-refractivity contribution in [2.75, 3.05) is 20.6 Å². The second-order valence-corrected chi connectivity index (χ2v) is 4.79. The molecule has 0 amide bonds. The summed E-state index contributed by atoms with van der Waals surface area (Å²) in [6.07, 6.45) is 4.70. The normalized spacial score (nSPS) is 10.6. The maximum Gasteiger partial charge on any atom is 0.110 e.